The van der Waals surface area contributed by atoms with Gasteiger partial charge in [-0.1, -0.05) is 63.5 Å². The van der Waals surface area contributed by atoms with Gasteiger partial charge in [-0.05, 0) is 58.4 Å². The number of ether oxygens (including phenoxy) is 1. The largest absolute Gasteiger partial charge is 0.423 e. The topological polar surface area (TPSA) is 26.3 Å². The van der Waals surface area contributed by atoms with Crippen molar-refractivity contribution in [3.05, 3.63) is 63.6 Å². The van der Waals surface area contributed by atoms with Crippen LogP contribution < -0.4 is 4.74 Å². The Hall–Kier alpha value is -1.61. The molecule has 2 aromatic rings. The van der Waals surface area contributed by atoms with E-state index in [2.05, 4.69) is 63.5 Å². The molecular weight excluding hydrogens is 364 g/mol. The third-order valence-corrected chi connectivity index (χ3v) is 4.45. The fourth-order valence-electron chi connectivity index (χ4n) is 2.28. The number of benzene rings is 2. The van der Waals surface area contributed by atoms with E-state index in [0.717, 1.165) is 15.6 Å². The minimum atomic E-state index is -0.325. The Morgan fingerprint density at radius 1 is 0.833 bits per heavy atom. The first-order chi connectivity index (χ1) is 11.0. The molecule has 2 aromatic carbocycles. The lowest BCUT2D eigenvalue weighted by atomic mass is 9.79. The molecule has 0 fully saturated rings. The molecule has 0 aromatic heterocycles. The van der Waals surface area contributed by atoms with Gasteiger partial charge in [0.25, 0.3) is 0 Å². The van der Waals surface area contributed by atoms with Gasteiger partial charge in [0, 0.05) is 4.47 Å². The minimum absolute atomic E-state index is 0.0338. The van der Waals surface area contributed by atoms with Gasteiger partial charge in [0.15, 0.2) is 0 Å². The van der Waals surface area contributed by atoms with Gasteiger partial charge in [0.1, 0.15) is 5.75 Å². The fraction of sp³-hybridized carbons (Fsp3) is 0.381. The maximum absolute atomic E-state index is 12.6. The highest BCUT2D eigenvalue weighted by Crippen LogP contribution is 2.30. The van der Waals surface area contributed by atoms with E-state index in [-0.39, 0.29) is 16.8 Å². The third-order valence-electron chi connectivity index (χ3n) is 3.92. The monoisotopic (exact) mass is 388 g/mol. The first kappa shape index (κ1) is 18.7. The molecule has 2 rings (SSSR count). The number of hydrogen-bond donors (Lipinski definition) is 0. The summed E-state index contributed by atoms with van der Waals surface area (Å²) in [4.78, 5) is 12.6. The highest BCUT2D eigenvalue weighted by atomic mass is 79.9. The Bertz CT molecular complexity index is 700. The van der Waals surface area contributed by atoms with Gasteiger partial charge in [-0.25, -0.2) is 4.79 Å². The molecule has 0 aliphatic carbocycles. The summed E-state index contributed by atoms with van der Waals surface area (Å²) in [5, 5.41) is 0. The fourth-order valence-corrected chi connectivity index (χ4v) is 2.54. The molecule has 0 atom stereocenters. The van der Waals surface area contributed by atoms with Crippen LogP contribution in [0.15, 0.2) is 46.9 Å². The molecule has 128 valence electrons. The predicted octanol–water partition coefficient (Wildman–Crippen LogP) is 6.26. The molecule has 2 nitrogen and oxygen atoms in total. The molecule has 0 amide bonds. The van der Waals surface area contributed by atoms with E-state index in [0.29, 0.717) is 11.3 Å². The van der Waals surface area contributed by atoms with Crippen LogP contribution in [0.3, 0.4) is 0 Å². The first-order valence-electron chi connectivity index (χ1n) is 8.10. The van der Waals surface area contributed by atoms with Crippen molar-refractivity contribution in [2.45, 2.75) is 52.4 Å². The van der Waals surface area contributed by atoms with Crippen LogP contribution in [0.4, 0.5) is 0 Å². The van der Waals surface area contributed by atoms with E-state index < -0.39 is 0 Å². The average molecular weight is 389 g/mol. The second-order valence-electron chi connectivity index (χ2n) is 8.14. The van der Waals surface area contributed by atoms with Crippen LogP contribution in [-0.2, 0) is 10.8 Å². The van der Waals surface area contributed by atoms with Gasteiger partial charge in [0.05, 0.1) is 5.56 Å². The molecule has 0 heterocycles. The summed E-state index contributed by atoms with van der Waals surface area (Å²) in [6.45, 7) is 12.9. The summed E-state index contributed by atoms with van der Waals surface area (Å²) in [6, 6.07) is 13.3. The van der Waals surface area contributed by atoms with E-state index in [1.165, 1.54) is 0 Å². The number of halogens is 1. The standard InChI is InChI=1S/C21H25BrO2/c1-20(2,3)15-11-14(12-16(13-15)21(4,5)6)19(23)24-18-9-7-17(22)8-10-18/h7-13H,1-6H3. The highest BCUT2D eigenvalue weighted by molar-refractivity contribution is 9.10. The van der Waals surface area contributed by atoms with Crippen molar-refractivity contribution < 1.29 is 9.53 Å². The molecule has 24 heavy (non-hydrogen) atoms. The lowest BCUT2D eigenvalue weighted by molar-refractivity contribution is 0.0734. The van der Waals surface area contributed by atoms with Crippen molar-refractivity contribution in [2.24, 2.45) is 0 Å². The Morgan fingerprint density at radius 3 is 1.71 bits per heavy atom. The van der Waals surface area contributed by atoms with Gasteiger partial charge in [-0.3, -0.25) is 0 Å². The second-order valence-corrected chi connectivity index (χ2v) is 9.06. The zero-order valence-corrected chi connectivity index (χ0v) is 16.8. The average Bonchev–Trinajstić information content (AvgIpc) is 2.47. The van der Waals surface area contributed by atoms with E-state index in [4.69, 9.17) is 4.74 Å². The summed E-state index contributed by atoms with van der Waals surface area (Å²) < 4.78 is 6.48. The van der Waals surface area contributed by atoms with Crippen LogP contribution in [0.25, 0.3) is 0 Å². The SMILES string of the molecule is CC(C)(C)c1cc(C(=O)Oc2ccc(Br)cc2)cc(C(C)(C)C)c1. The molecule has 0 aliphatic rings. The number of carbonyl (C=O) groups is 1. The van der Waals surface area contributed by atoms with Crippen molar-refractivity contribution in [2.75, 3.05) is 0 Å². The highest BCUT2D eigenvalue weighted by Gasteiger charge is 2.22. The molecule has 0 spiro atoms. The second kappa shape index (κ2) is 6.72. The van der Waals surface area contributed by atoms with E-state index in [9.17, 15) is 4.79 Å². The zero-order chi connectivity index (χ0) is 18.1. The number of hydrogen-bond acceptors (Lipinski definition) is 2. The number of esters is 1. The summed E-state index contributed by atoms with van der Waals surface area (Å²) in [5.74, 6) is 0.218. The molecule has 0 radical (unpaired) electrons. The van der Waals surface area contributed by atoms with Crippen molar-refractivity contribution in [1.82, 2.24) is 0 Å². The summed E-state index contributed by atoms with van der Waals surface area (Å²) in [7, 11) is 0. The Labute approximate surface area is 153 Å². The lowest BCUT2D eigenvalue weighted by Gasteiger charge is -2.25. The third kappa shape index (κ3) is 4.70. The summed E-state index contributed by atoms with van der Waals surface area (Å²) >= 11 is 3.38. The number of rotatable bonds is 2. The van der Waals surface area contributed by atoms with E-state index in [1.807, 2.05) is 24.3 Å². The van der Waals surface area contributed by atoms with Crippen molar-refractivity contribution in [1.29, 1.82) is 0 Å². The van der Waals surface area contributed by atoms with Crippen LogP contribution in [-0.4, -0.2) is 5.97 Å². The molecule has 0 N–H and O–H groups in total. The summed E-state index contributed by atoms with van der Waals surface area (Å²) in [5.41, 5.74) is 2.80. The molecule has 3 heteroatoms. The minimum Gasteiger partial charge on any atom is -0.423 e. The van der Waals surface area contributed by atoms with Crippen molar-refractivity contribution in [3.63, 3.8) is 0 Å². The van der Waals surface area contributed by atoms with Crippen molar-refractivity contribution in [3.8, 4) is 5.75 Å². The molecule has 0 saturated carbocycles. The Morgan fingerprint density at radius 2 is 1.29 bits per heavy atom. The van der Waals surface area contributed by atoms with Crippen LogP contribution in [0.1, 0.15) is 63.0 Å². The zero-order valence-electron chi connectivity index (χ0n) is 15.2. The quantitative estimate of drug-likeness (QED) is 0.447. The van der Waals surface area contributed by atoms with Gasteiger partial charge in [-0.15, -0.1) is 0 Å². The first-order valence-corrected chi connectivity index (χ1v) is 8.90. The summed E-state index contributed by atoms with van der Waals surface area (Å²) in [6.07, 6.45) is 0. The van der Waals surface area contributed by atoms with Crippen LogP contribution in [0.5, 0.6) is 5.75 Å². The molecular formula is C21H25BrO2. The Kier molecular flexibility index (Phi) is 5.24. The normalized spacial score (nSPS) is 12.1. The molecule has 0 unspecified atom stereocenters. The smallest absolute Gasteiger partial charge is 0.343 e. The maximum atomic E-state index is 12.6. The molecule has 0 saturated heterocycles. The van der Waals surface area contributed by atoms with Gasteiger partial charge >= 0.3 is 5.97 Å². The van der Waals surface area contributed by atoms with E-state index in [1.54, 1.807) is 12.1 Å². The molecule has 0 aliphatic heterocycles. The molecule has 0 bridgehead atoms. The van der Waals surface area contributed by atoms with Crippen LogP contribution >= 0.6 is 15.9 Å². The van der Waals surface area contributed by atoms with Crippen LogP contribution in [0, 0.1) is 0 Å². The maximum Gasteiger partial charge on any atom is 0.343 e. The lowest BCUT2D eigenvalue weighted by Crippen LogP contribution is -2.19. The van der Waals surface area contributed by atoms with E-state index >= 15 is 0 Å². The van der Waals surface area contributed by atoms with Crippen LogP contribution in [0.2, 0.25) is 0 Å². The van der Waals surface area contributed by atoms with Crippen molar-refractivity contribution >= 4 is 21.9 Å². The van der Waals surface area contributed by atoms with Gasteiger partial charge < -0.3 is 4.74 Å². The predicted molar refractivity (Wildman–Crippen MR) is 103 cm³/mol. The Balaban J connectivity index is 2.40. The number of carbonyl (C=O) groups excluding carboxylic acids is 1. The van der Waals surface area contributed by atoms with Gasteiger partial charge in [-0.2, -0.15) is 0 Å². The van der Waals surface area contributed by atoms with Gasteiger partial charge in [0.2, 0.25) is 0 Å².